The van der Waals surface area contributed by atoms with Crippen LogP contribution in [0.2, 0.25) is 0 Å². The van der Waals surface area contributed by atoms with Crippen molar-refractivity contribution < 1.29 is 4.79 Å². The maximum atomic E-state index is 12.7. The van der Waals surface area contributed by atoms with Crippen LogP contribution < -0.4 is 10.2 Å². The SMILES string of the molecule is O=C(Cn1c(-c2cccs2)n[nH]c1=S)Nc1ccccc1N1CCCC1. The van der Waals surface area contributed by atoms with Crippen molar-refractivity contribution in [2.75, 3.05) is 23.3 Å². The van der Waals surface area contributed by atoms with E-state index in [4.69, 9.17) is 12.2 Å². The van der Waals surface area contributed by atoms with Crippen LogP contribution in [0, 0.1) is 4.77 Å². The molecule has 0 unspecified atom stereocenters. The van der Waals surface area contributed by atoms with Gasteiger partial charge in [-0.05, 0) is 48.6 Å². The van der Waals surface area contributed by atoms with Crippen molar-refractivity contribution in [1.29, 1.82) is 0 Å². The lowest BCUT2D eigenvalue weighted by Gasteiger charge is -2.21. The Labute approximate surface area is 160 Å². The van der Waals surface area contributed by atoms with Crippen LogP contribution in [0.5, 0.6) is 0 Å². The van der Waals surface area contributed by atoms with Gasteiger partial charge in [0.25, 0.3) is 0 Å². The normalized spacial score (nSPS) is 13.9. The van der Waals surface area contributed by atoms with E-state index < -0.39 is 0 Å². The fourth-order valence-corrected chi connectivity index (χ4v) is 4.12. The van der Waals surface area contributed by atoms with Gasteiger partial charge in [0.2, 0.25) is 5.91 Å². The Kier molecular flexibility index (Phi) is 4.85. The number of nitrogens with zero attached hydrogens (tertiary/aromatic N) is 3. The van der Waals surface area contributed by atoms with Crippen LogP contribution >= 0.6 is 23.6 Å². The summed E-state index contributed by atoms with van der Waals surface area (Å²) in [5, 5.41) is 12.1. The van der Waals surface area contributed by atoms with Crippen molar-refractivity contribution in [3.8, 4) is 10.7 Å². The predicted octanol–water partition coefficient (Wildman–Crippen LogP) is 3.91. The third kappa shape index (κ3) is 3.42. The van der Waals surface area contributed by atoms with Gasteiger partial charge in [-0.2, -0.15) is 5.10 Å². The quantitative estimate of drug-likeness (QED) is 0.654. The monoisotopic (exact) mass is 385 g/mol. The largest absolute Gasteiger partial charge is 0.370 e. The Morgan fingerprint density at radius 3 is 2.81 bits per heavy atom. The molecule has 2 aromatic heterocycles. The fourth-order valence-electron chi connectivity index (χ4n) is 3.20. The first kappa shape index (κ1) is 17.0. The first-order chi connectivity index (χ1) is 12.7. The van der Waals surface area contributed by atoms with Crippen molar-refractivity contribution in [2.45, 2.75) is 19.4 Å². The zero-order chi connectivity index (χ0) is 17.9. The second-order valence-electron chi connectivity index (χ2n) is 6.18. The smallest absolute Gasteiger partial charge is 0.244 e. The Hall–Kier alpha value is -2.45. The molecule has 0 bridgehead atoms. The number of hydrogen-bond acceptors (Lipinski definition) is 5. The molecule has 0 aliphatic carbocycles. The third-order valence-electron chi connectivity index (χ3n) is 4.43. The van der Waals surface area contributed by atoms with Crippen molar-refractivity contribution in [3.05, 3.63) is 46.5 Å². The highest BCUT2D eigenvalue weighted by molar-refractivity contribution is 7.71. The van der Waals surface area contributed by atoms with Crippen LogP contribution in [0.1, 0.15) is 12.8 Å². The summed E-state index contributed by atoms with van der Waals surface area (Å²) in [6, 6.07) is 11.9. The van der Waals surface area contributed by atoms with Gasteiger partial charge >= 0.3 is 0 Å². The van der Waals surface area contributed by atoms with Gasteiger partial charge in [0.1, 0.15) is 6.54 Å². The van der Waals surface area contributed by atoms with E-state index in [2.05, 4.69) is 26.5 Å². The first-order valence-corrected chi connectivity index (χ1v) is 9.84. The zero-order valence-electron chi connectivity index (χ0n) is 14.1. The van der Waals surface area contributed by atoms with E-state index in [1.807, 2.05) is 35.7 Å². The summed E-state index contributed by atoms with van der Waals surface area (Å²) in [7, 11) is 0. The average molecular weight is 386 g/mol. The van der Waals surface area contributed by atoms with Crippen molar-refractivity contribution in [1.82, 2.24) is 14.8 Å². The van der Waals surface area contributed by atoms with Crippen LogP contribution in [0.4, 0.5) is 11.4 Å². The number of benzene rings is 1. The highest BCUT2D eigenvalue weighted by atomic mass is 32.1. The third-order valence-corrected chi connectivity index (χ3v) is 5.60. The molecule has 1 amide bonds. The van der Waals surface area contributed by atoms with Crippen LogP contribution in [0.15, 0.2) is 41.8 Å². The molecule has 0 saturated carbocycles. The van der Waals surface area contributed by atoms with E-state index >= 15 is 0 Å². The lowest BCUT2D eigenvalue weighted by Crippen LogP contribution is -2.23. The molecule has 3 aromatic rings. The predicted molar refractivity (Wildman–Crippen MR) is 107 cm³/mol. The van der Waals surface area contributed by atoms with Gasteiger partial charge in [-0.25, -0.2) is 0 Å². The van der Waals surface area contributed by atoms with E-state index in [0.717, 1.165) is 29.3 Å². The molecule has 8 heteroatoms. The highest BCUT2D eigenvalue weighted by Crippen LogP contribution is 2.29. The van der Waals surface area contributed by atoms with E-state index in [1.165, 1.54) is 12.8 Å². The minimum Gasteiger partial charge on any atom is -0.370 e. The second kappa shape index (κ2) is 7.43. The minimum absolute atomic E-state index is 0.119. The summed E-state index contributed by atoms with van der Waals surface area (Å²) in [5.41, 5.74) is 1.92. The molecule has 0 radical (unpaired) electrons. The Morgan fingerprint density at radius 1 is 1.23 bits per heavy atom. The average Bonchev–Trinajstić information content (AvgIpc) is 3.38. The van der Waals surface area contributed by atoms with Gasteiger partial charge in [0.15, 0.2) is 10.6 Å². The molecule has 1 aliphatic heterocycles. The number of H-pyrrole nitrogens is 1. The number of anilines is 2. The molecule has 1 aliphatic rings. The van der Waals surface area contributed by atoms with Crippen molar-refractivity contribution in [3.63, 3.8) is 0 Å². The summed E-state index contributed by atoms with van der Waals surface area (Å²) < 4.78 is 2.17. The van der Waals surface area contributed by atoms with Gasteiger partial charge in [-0.1, -0.05) is 18.2 Å². The maximum Gasteiger partial charge on any atom is 0.244 e. The molecule has 4 rings (SSSR count). The number of aromatic amines is 1. The molecule has 134 valence electrons. The van der Waals surface area contributed by atoms with E-state index in [0.29, 0.717) is 10.6 Å². The van der Waals surface area contributed by atoms with Crippen LogP contribution in [0.25, 0.3) is 10.7 Å². The fraction of sp³-hybridized carbons (Fsp3) is 0.278. The molecule has 26 heavy (non-hydrogen) atoms. The molecule has 2 N–H and O–H groups in total. The standard InChI is InChI=1S/C18H19N5OS2/c24-16(12-23-17(20-21-18(23)25)15-8-5-11-26-15)19-13-6-1-2-7-14(13)22-9-3-4-10-22/h1-2,5-8,11H,3-4,9-10,12H2,(H,19,24)(H,21,25). The second-order valence-corrected chi connectivity index (χ2v) is 7.51. The molecular weight excluding hydrogens is 366 g/mol. The number of aromatic nitrogens is 3. The highest BCUT2D eigenvalue weighted by Gasteiger charge is 2.18. The molecule has 1 fully saturated rings. The molecule has 1 saturated heterocycles. The summed E-state index contributed by atoms with van der Waals surface area (Å²) in [5.74, 6) is 0.569. The topological polar surface area (TPSA) is 66.0 Å². The molecule has 1 aromatic carbocycles. The summed E-state index contributed by atoms with van der Waals surface area (Å²) in [4.78, 5) is 16.0. The number of nitrogens with one attached hydrogen (secondary N) is 2. The number of thiophene rings is 1. The first-order valence-electron chi connectivity index (χ1n) is 8.55. The summed E-state index contributed by atoms with van der Waals surface area (Å²) in [6.07, 6.45) is 2.38. The maximum absolute atomic E-state index is 12.7. The molecular formula is C18H19N5OS2. The minimum atomic E-state index is -0.119. The van der Waals surface area contributed by atoms with Gasteiger partial charge in [0.05, 0.1) is 16.3 Å². The van der Waals surface area contributed by atoms with E-state index in [-0.39, 0.29) is 12.5 Å². The number of carbonyl (C=O) groups excluding carboxylic acids is 1. The number of rotatable bonds is 5. The van der Waals surface area contributed by atoms with Gasteiger partial charge in [-0.15, -0.1) is 11.3 Å². The molecule has 3 heterocycles. The zero-order valence-corrected chi connectivity index (χ0v) is 15.8. The number of carbonyl (C=O) groups is 1. The van der Waals surface area contributed by atoms with Crippen LogP contribution in [-0.2, 0) is 11.3 Å². The Balaban J connectivity index is 1.54. The summed E-state index contributed by atoms with van der Waals surface area (Å²) >= 11 is 6.87. The van der Waals surface area contributed by atoms with E-state index in [9.17, 15) is 4.79 Å². The molecule has 6 nitrogen and oxygen atoms in total. The summed E-state index contributed by atoms with van der Waals surface area (Å²) in [6.45, 7) is 2.18. The van der Waals surface area contributed by atoms with Gasteiger partial charge < -0.3 is 10.2 Å². The Bertz CT molecular complexity index is 954. The number of para-hydroxylation sites is 2. The van der Waals surface area contributed by atoms with Crippen molar-refractivity contribution in [2.24, 2.45) is 0 Å². The van der Waals surface area contributed by atoms with Crippen LogP contribution in [-0.4, -0.2) is 33.8 Å². The van der Waals surface area contributed by atoms with Crippen molar-refractivity contribution >= 4 is 40.8 Å². The van der Waals surface area contributed by atoms with Gasteiger partial charge in [0, 0.05) is 13.1 Å². The number of hydrogen-bond donors (Lipinski definition) is 2. The van der Waals surface area contributed by atoms with Crippen LogP contribution in [0.3, 0.4) is 0 Å². The lowest BCUT2D eigenvalue weighted by atomic mass is 10.2. The molecule has 0 atom stereocenters. The van der Waals surface area contributed by atoms with Gasteiger partial charge in [-0.3, -0.25) is 14.5 Å². The lowest BCUT2D eigenvalue weighted by molar-refractivity contribution is -0.116. The molecule has 0 spiro atoms. The number of amides is 1. The van der Waals surface area contributed by atoms with E-state index in [1.54, 1.807) is 15.9 Å². The Morgan fingerprint density at radius 2 is 2.04 bits per heavy atom.